The molecule has 3 rings (SSSR count). The van der Waals surface area contributed by atoms with Crippen molar-refractivity contribution >= 4 is 0 Å². The van der Waals surface area contributed by atoms with Crippen molar-refractivity contribution in [3.63, 3.8) is 0 Å². The van der Waals surface area contributed by atoms with Crippen molar-refractivity contribution in [2.75, 3.05) is 20.3 Å². The van der Waals surface area contributed by atoms with Crippen LogP contribution in [0.2, 0.25) is 0 Å². The Hall–Kier alpha value is -1.72. The van der Waals surface area contributed by atoms with Gasteiger partial charge >= 0.3 is 0 Å². The SMILES string of the molecule is COC[C@H]1CN(Cc2ccc(F)cc2)Cc2nccn2C1. The molecule has 5 heteroatoms. The van der Waals surface area contributed by atoms with E-state index in [9.17, 15) is 4.39 Å². The Bertz CT molecular complexity index is 581. The Balaban J connectivity index is 1.76. The number of benzene rings is 1. The molecule has 0 aliphatic carbocycles. The molecular weight excluding hydrogens is 269 g/mol. The quantitative estimate of drug-likeness (QED) is 0.865. The van der Waals surface area contributed by atoms with Gasteiger partial charge in [-0.2, -0.15) is 0 Å². The van der Waals surface area contributed by atoms with E-state index < -0.39 is 0 Å². The van der Waals surface area contributed by atoms with E-state index in [1.54, 1.807) is 7.11 Å². The van der Waals surface area contributed by atoms with Gasteiger partial charge in [0.05, 0.1) is 13.2 Å². The van der Waals surface area contributed by atoms with Gasteiger partial charge in [0.15, 0.2) is 0 Å². The van der Waals surface area contributed by atoms with Gasteiger partial charge in [0.1, 0.15) is 11.6 Å². The molecule has 1 atom stereocenters. The zero-order valence-corrected chi connectivity index (χ0v) is 12.2. The Labute approximate surface area is 124 Å². The van der Waals surface area contributed by atoms with Crippen LogP contribution in [-0.2, 0) is 24.4 Å². The van der Waals surface area contributed by atoms with Crippen LogP contribution in [0.25, 0.3) is 0 Å². The van der Waals surface area contributed by atoms with Gasteiger partial charge in [0.25, 0.3) is 0 Å². The molecule has 0 bridgehead atoms. The third-order valence-electron chi connectivity index (χ3n) is 3.86. The van der Waals surface area contributed by atoms with Gasteiger partial charge < -0.3 is 9.30 Å². The van der Waals surface area contributed by atoms with Gasteiger partial charge in [-0.3, -0.25) is 4.90 Å². The average Bonchev–Trinajstić information content (AvgIpc) is 2.82. The number of ether oxygens (including phenoxy) is 1. The minimum atomic E-state index is -0.192. The monoisotopic (exact) mass is 289 g/mol. The van der Waals surface area contributed by atoms with Gasteiger partial charge in [0, 0.05) is 45.1 Å². The molecule has 1 aromatic carbocycles. The van der Waals surface area contributed by atoms with Crippen LogP contribution in [0.4, 0.5) is 4.39 Å². The van der Waals surface area contributed by atoms with Crippen LogP contribution in [0.1, 0.15) is 11.4 Å². The van der Waals surface area contributed by atoms with Crippen LogP contribution < -0.4 is 0 Å². The van der Waals surface area contributed by atoms with E-state index in [1.165, 1.54) is 12.1 Å². The van der Waals surface area contributed by atoms with Crippen molar-refractivity contribution in [1.82, 2.24) is 14.5 Å². The molecule has 1 aromatic heterocycles. The fourth-order valence-corrected chi connectivity index (χ4v) is 2.93. The molecule has 4 nitrogen and oxygen atoms in total. The second kappa shape index (κ2) is 6.37. The topological polar surface area (TPSA) is 30.3 Å². The Kier molecular flexibility index (Phi) is 4.31. The molecule has 2 aromatic rings. The van der Waals surface area contributed by atoms with E-state index in [4.69, 9.17) is 4.74 Å². The maximum absolute atomic E-state index is 13.0. The summed E-state index contributed by atoms with van der Waals surface area (Å²) in [7, 11) is 1.74. The summed E-state index contributed by atoms with van der Waals surface area (Å²) in [5, 5.41) is 0. The van der Waals surface area contributed by atoms with Crippen molar-refractivity contribution < 1.29 is 9.13 Å². The number of nitrogens with zero attached hydrogens (tertiary/aromatic N) is 3. The highest BCUT2D eigenvalue weighted by atomic mass is 19.1. The molecule has 0 unspecified atom stereocenters. The summed E-state index contributed by atoms with van der Waals surface area (Å²) in [6.07, 6.45) is 3.87. The lowest BCUT2D eigenvalue weighted by Gasteiger charge is -2.23. The second-order valence-corrected chi connectivity index (χ2v) is 5.61. The molecule has 0 N–H and O–H groups in total. The first-order valence-corrected chi connectivity index (χ1v) is 7.20. The number of hydrogen-bond donors (Lipinski definition) is 0. The summed E-state index contributed by atoms with van der Waals surface area (Å²) in [5.74, 6) is 1.32. The largest absolute Gasteiger partial charge is 0.384 e. The third kappa shape index (κ3) is 3.49. The van der Waals surface area contributed by atoms with Crippen LogP contribution in [-0.4, -0.2) is 34.7 Å². The number of halogens is 1. The van der Waals surface area contributed by atoms with Crippen molar-refractivity contribution in [1.29, 1.82) is 0 Å². The van der Waals surface area contributed by atoms with Crippen LogP contribution in [0.3, 0.4) is 0 Å². The van der Waals surface area contributed by atoms with Gasteiger partial charge in [-0.25, -0.2) is 9.37 Å². The van der Waals surface area contributed by atoms with E-state index in [0.717, 1.165) is 44.2 Å². The summed E-state index contributed by atoms with van der Waals surface area (Å²) in [4.78, 5) is 6.79. The molecule has 0 amide bonds. The molecule has 112 valence electrons. The van der Waals surface area contributed by atoms with Crippen molar-refractivity contribution in [2.24, 2.45) is 5.92 Å². The van der Waals surface area contributed by atoms with Gasteiger partial charge in [-0.1, -0.05) is 12.1 Å². The maximum Gasteiger partial charge on any atom is 0.123 e. The fourth-order valence-electron chi connectivity index (χ4n) is 2.93. The van der Waals surface area contributed by atoms with E-state index in [-0.39, 0.29) is 5.82 Å². The minimum absolute atomic E-state index is 0.192. The molecule has 1 aliphatic rings. The Morgan fingerprint density at radius 2 is 2.10 bits per heavy atom. The zero-order chi connectivity index (χ0) is 14.7. The van der Waals surface area contributed by atoms with Gasteiger partial charge in [-0.05, 0) is 17.7 Å². The predicted octanol–water partition coefficient (Wildman–Crippen LogP) is 2.30. The first-order chi connectivity index (χ1) is 10.2. The van der Waals surface area contributed by atoms with E-state index in [2.05, 4.69) is 14.5 Å². The summed E-state index contributed by atoms with van der Waals surface area (Å²) in [5.41, 5.74) is 1.12. The van der Waals surface area contributed by atoms with Crippen LogP contribution >= 0.6 is 0 Å². The lowest BCUT2D eigenvalue weighted by molar-refractivity contribution is 0.115. The highest BCUT2D eigenvalue weighted by molar-refractivity contribution is 5.16. The minimum Gasteiger partial charge on any atom is -0.384 e. The standard InChI is InChI=1S/C16H20FN3O/c1-21-12-14-9-19(8-13-2-4-15(17)5-3-13)11-16-18-6-7-20(16)10-14/h2-7,14H,8-12H2,1H3/t14-/m0/s1. The highest BCUT2D eigenvalue weighted by Crippen LogP contribution is 2.18. The van der Waals surface area contributed by atoms with Crippen molar-refractivity contribution in [3.8, 4) is 0 Å². The normalized spacial score (nSPS) is 19.2. The molecular formula is C16H20FN3O. The average molecular weight is 289 g/mol. The van der Waals surface area contributed by atoms with Crippen molar-refractivity contribution in [3.05, 3.63) is 53.9 Å². The van der Waals surface area contributed by atoms with Gasteiger partial charge in [-0.15, -0.1) is 0 Å². The Morgan fingerprint density at radius 3 is 2.86 bits per heavy atom. The van der Waals surface area contributed by atoms with Crippen LogP contribution in [0, 0.1) is 11.7 Å². The van der Waals surface area contributed by atoms with Gasteiger partial charge in [0.2, 0.25) is 0 Å². The second-order valence-electron chi connectivity index (χ2n) is 5.61. The molecule has 2 heterocycles. The zero-order valence-electron chi connectivity index (χ0n) is 12.2. The molecule has 0 fully saturated rings. The number of aromatic nitrogens is 2. The first kappa shape index (κ1) is 14.2. The first-order valence-electron chi connectivity index (χ1n) is 7.20. The lowest BCUT2D eigenvalue weighted by Crippen LogP contribution is -2.29. The smallest absolute Gasteiger partial charge is 0.123 e. The third-order valence-corrected chi connectivity index (χ3v) is 3.86. The number of hydrogen-bond acceptors (Lipinski definition) is 3. The summed E-state index contributed by atoms with van der Waals surface area (Å²) in [6, 6.07) is 6.72. The summed E-state index contributed by atoms with van der Waals surface area (Å²) >= 11 is 0. The van der Waals surface area contributed by atoms with Crippen molar-refractivity contribution in [2.45, 2.75) is 19.6 Å². The molecule has 0 radical (unpaired) electrons. The molecule has 0 saturated heterocycles. The fraction of sp³-hybridized carbons (Fsp3) is 0.438. The summed E-state index contributed by atoms with van der Waals surface area (Å²) < 4.78 is 20.5. The maximum atomic E-state index is 13.0. The molecule has 0 spiro atoms. The van der Waals surface area contributed by atoms with Crippen LogP contribution in [0.5, 0.6) is 0 Å². The van der Waals surface area contributed by atoms with E-state index in [0.29, 0.717) is 5.92 Å². The predicted molar refractivity (Wildman–Crippen MR) is 78.1 cm³/mol. The molecule has 21 heavy (non-hydrogen) atoms. The Morgan fingerprint density at radius 1 is 1.29 bits per heavy atom. The van der Waals surface area contributed by atoms with E-state index >= 15 is 0 Å². The van der Waals surface area contributed by atoms with Crippen LogP contribution in [0.15, 0.2) is 36.7 Å². The molecule has 1 aliphatic heterocycles. The number of rotatable bonds is 4. The highest BCUT2D eigenvalue weighted by Gasteiger charge is 2.22. The number of fused-ring (bicyclic) bond motifs is 1. The number of methoxy groups -OCH3 is 1. The lowest BCUT2D eigenvalue weighted by atomic mass is 10.1. The summed E-state index contributed by atoms with van der Waals surface area (Å²) in [6.45, 7) is 4.23. The molecule has 0 saturated carbocycles. The number of imidazole rings is 1. The van der Waals surface area contributed by atoms with E-state index in [1.807, 2.05) is 24.5 Å².